The van der Waals surface area contributed by atoms with Crippen LogP contribution in [0.25, 0.3) is 0 Å². The maximum absolute atomic E-state index is 9.32. The number of aliphatic hydroxyl groups is 1. The molecule has 0 unspecified atom stereocenters. The number of rotatable bonds is 8. The molecule has 0 saturated carbocycles. The van der Waals surface area contributed by atoms with E-state index in [9.17, 15) is 5.11 Å². The highest BCUT2D eigenvalue weighted by molar-refractivity contribution is 7.11. The molecule has 0 fully saturated rings. The van der Waals surface area contributed by atoms with Crippen LogP contribution in [0.3, 0.4) is 0 Å². The minimum Gasteiger partial charge on any atom is -0.497 e. The van der Waals surface area contributed by atoms with E-state index in [1.807, 2.05) is 31.3 Å². The van der Waals surface area contributed by atoms with Gasteiger partial charge in [0.2, 0.25) is 0 Å². The molecule has 2 aromatic rings. The minimum absolute atomic E-state index is 0.115. The van der Waals surface area contributed by atoms with Crippen molar-refractivity contribution < 1.29 is 14.6 Å². The highest BCUT2D eigenvalue weighted by Gasteiger charge is 2.12. The molecule has 1 heterocycles. The number of methoxy groups -OCH3 is 2. The third-order valence-corrected chi connectivity index (χ3v) is 4.24. The van der Waals surface area contributed by atoms with Gasteiger partial charge in [-0.25, -0.2) is 4.98 Å². The van der Waals surface area contributed by atoms with Gasteiger partial charge in [-0.1, -0.05) is 0 Å². The number of hydrogen-bond donors (Lipinski definition) is 1. The van der Waals surface area contributed by atoms with Gasteiger partial charge in [-0.2, -0.15) is 0 Å². The third-order valence-electron chi connectivity index (χ3n) is 3.35. The van der Waals surface area contributed by atoms with Crippen molar-refractivity contribution in [2.75, 3.05) is 27.4 Å². The van der Waals surface area contributed by atoms with Gasteiger partial charge in [0.25, 0.3) is 0 Å². The summed E-state index contributed by atoms with van der Waals surface area (Å²) in [5.41, 5.74) is 1.04. The van der Waals surface area contributed by atoms with Crippen molar-refractivity contribution in [3.8, 4) is 11.5 Å². The molecule has 0 saturated heterocycles. The number of aryl methyl sites for hydroxylation is 1. The number of benzene rings is 1. The fourth-order valence-electron chi connectivity index (χ4n) is 2.30. The van der Waals surface area contributed by atoms with Crippen molar-refractivity contribution in [3.05, 3.63) is 39.8 Å². The van der Waals surface area contributed by atoms with E-state index in [4.69, 9.17) is 9.47 Å². The summed E-state index contributed by atoms with van der Waals surface area (Å²) in [7, 11) is 3.31. The quantitative estimate of drug-likeness (QED) is 0.809. The lowest BCUT2D eigenvalue weighted by molar-refractivity contribution is 0.184. The number of ether oxygens (including phenoxy) is 2. The van der Waals surface area contributed by atoms with Crippen molar-refractivity contribution in [2.45, 2.75) is 20.0 Å². The zero-order valence-electron chi connectivity index (χ0n) is 13.2. The molecule has 2 rings (SSSR count). The molecule has 1 aromatic heterocycles. The van der Waals surface area contributed by atoms with Gasteiger partial charge in [0, 0.05) is 36.3 Å². The van der Waals surface area contributed by atoms with E-state index in [-0.39, 0.29) is 6.61 Å². The Morgan fingerprint density at radius 2 is 2.05 bits per heavy atom. The highest BCUT2D eigenvalue weighted by atomic mass is 32.1. The number of aromatic nitrogens is 1. The van der Waals surface area contributed by atoms with Crippen LogP contribution >= 0.6 is 11.3 Å². The molecule has 0 amide bonds. The zero-order valence-corrected chi connectivity index (χ0v) is 14.0. The Morgan fingerprint density at radius 1 is 1.23 bits per heavy atom. The van der Waals surface area contributed by atoms with Crippen LogP contribution in [-0.4, -0.2) is 42.4 Å². The van der Waals surface area contributed by atoms with E-state index in [1.54, 1.807) is 25.6 Å². The first-order chi connectivity index (χ1) is 10.7. The zero-order chi connectivity index (χ0) is 15.9. The van der Waals surface area contributed by atoms with Gasteiger partial charge in [0.05, 0.1) is 25.8 Å². The molecule has 0 atom stereocenters. The van der Waals surface area contributed by atoms with Crippen molar-refractivity contribution in [1.82, 2.24) is 9.88 Å². The minimum atomic E-state index is 0.115. The SMILES string of the molecule is COc1ccc(OC)c(CN(CCO)Cc2cnc(C)s2)c1. The van der Waals surface area contributed by atoms with E-state index in [1.165, 1.54) is 4.88 Å². The Labute approximate surface area is 135 Å². The van der Waals surface area contributed by atoms with Crippen molar-refractivity contribution in [2.24, 2.45) is 0 Å². The first-order valence-corrected chi connectivity index (χ1v) is 7.93. The summed E-state index contributed by atoms with van der Waals surface area (Å²) in [6.45, 7) is 4.14. The number of aliphatic hydroxyl groups excluding tert-OH is 1. The summed E-state index contributed by atoms with van der Waals surface area (Å²) in [5.74, 6) is 1.62. The Kier molecular flexibility index (Phi) is 6.18. The summed E-state index contributed by atoms with van der Waals surface area (Å²) >= 11 is 1.68. The van der Waals surface area contributed by atoms with Crippen LogP contribution in [0.2, 0.25) is 0 Å². The van der Waals surface area contributed by atoms with Gasteiger partial charge >= 0.3 is 0 Å². The lowest BCUT2D eigenvalue weighted by Crippen LogP contribution is -2.26. The van der Waals surface area contributed by atoms with Gasteiger partial charge in [0.15, 0.2) is 0 Å². The summed E-state index contributed by atoms with van der Waals surface area (Å²) in [5, 5.41) is 10.4. The molecule has 6 heteroatoms. The summed E-state index contributed by atoms with van der Waals surface area (Å²) < 4.78 is 10.7. The molecule has 0 radical (unpaired) electrons. The van der Waals surface area contributed by atoms with Gasteiger partial charge in [-0.3, -0.25) is 4.90 Å². The topological polar surface area (TPSA) is 54.8 Å². The lowest BCUT2D eigenvalue weighted by atomic mass is 10.1. The second-order valence-corrected chi connectivity index (χ2v) is 6.28. The molecular weight excluding hydrogens is 300 g/mol. The summed E-state index contributed by atoms with van der Waals surface area (Å²) in [6.07, 6.45) is 1.90. The molecule has 0 aliphatic rings. The summed E-state index contributed by atoms with van der Waals surface area (Å²) in [4.78, 5) is 7.64. The van der Waals surface area contributed by atoms with Gasteiger partial charge in [-0.05, 0) is 25.1 Å². The number of hydrogen-bond acceptors (Lipinski definition) is 6. The van der Waals surface area contributed by atoms with E-state index < -0.39 is 0 Å². The summed E-state index contributed by atoms with van der Waals surface area (Å²) in [6, 6.07) is 5.76. The standard InChI is InChI=1S/C16H22N2O3S/c1-12-17-9-15(22-12)11-18(6-7-19)10-13-8-14(20-2)4-5-16(13)21-3/h4-5,8-9,19H,6-7,10-11H2,1-3H3. The molecule has 0 spiro atoms. The normalized spacial score (nSPS) is 11.0. The lowest BCUT2D eigenvalue weighted by Gasteiger charge is -2.22. The van der Waals surface area contributed by atoms with Crippen LogP contribution in [0.4, 0.5) is 0 Å². The maximum Gasteiger partial charge on any atom is 0.123 e. The molecule has 0 aliphatic carbocycles. The predicted molar refractivity (Wildman–Crippen MR) is 87.6 cm³/mol. The maximum atomic E-state index is 9.32. The van der Waals surface area contributed by atoms with Crippen LogP contribution in [0.1, 0.15) is 15.4 Å². The van der Waals surface area contributed by atoms with Crippen LogP contribution in [0.15, 0.2) is 24.4 Å². The van der Waals surface area contributed by atoms with Gasteiger partial charge in [0.1, 0.15) is 11.5 Å². The Hall–Kier alpha value is -1.63. The third kappa shape index (κ3) is 4.43. The fourth-order valence-corrected chi connectivity index (χ4v) is 3.14. The van der Waals surface area contributed by atoms with Crippen LogP contribution < -0.4 is 9.47 Å². The first kappa shape index (κ1) is 16.7. The molecule has 0 aliphatic heterocycles. The largest absolute Gasteiger partial charge is 0.497 e. The molecule has 1 aromatic carbocycles. The van der Waals surface area contributed by atoms with E-state index in [0.717, 1.165) is 28.6 Å². The van der Waals surface area contributed by atoms with E-state index in [0.29, 0.717) is 13.1 Å². The van der Waals surface area contributed by atoms with Gasteiger partial charge in [-0.15, -0.1) is 11.3 Å². The van der Waals surface area contributed by atoms with Crippen molar-refractivity contribution >= 4 is 11.3 Å². The molecule has 1 N–H and O–H groups in total. The van der Waals surface area contributed by atoms with Crippen LogP contribution in [-0.2, 0) is 13.1 Å². The second-order valence-electron chi connectivity index (χ2n) is 4.96. The number of nitrogens with zero attached hydrogens (tertiary/aromatic N) is 2. The van der Waals surface area contributed by atoms with Crippen LogP contribution in [0, 0.1) is 6.92 Å². The molecule has 120 valence electrons. The second kappa shape index (κ2) is 8.12. The highest BCUT2D eigenvalue weighted by Crippen LogP contribution is 2.26. The molecule has 5 nitrogen and oxygen atoms in total. The Bertz CT molecular complexity index is 601. The fraction of sp³-hybridized carbons (Fsp3) is 0.438. The van der Waals surface area contributed by atoms with Crippen molar-refractivity contribution in [1.29, 1.82) is 0 Å². The van der Waals surface area contributed by atoms with Crippen molar-refractivity contribution in [3.63, 3.8) is 0 Å². The Morgan fingerprint density at radius 3 is 2.64 bits per heavy atom. The monoisotopic (exact) mass is 322 g/mol. The van der Waals surface area contributed by atoms with E-state index >= 15 is 0 Å². The van der Waals surface area contributed by atoms with Gasteiger partial charge < -0.3 is 14.6 Å². The predicted octanol–water partition coefficient (Wildman–Crippen LogP) is 2.46. The molecule has 0 bridgehead atoms. The smallest absolute Gasteiger partial charge is 0.123 e. The molecule has 22 heavy (non-hydrogen) atoms. The average molecular weight is 322 g/mol. The van der Waals surface area contributed by atoms with E-state index in [2.05, 4.69) is 9.88 Å². The molecular formula is C16H22N2O3S. The van der Waals surface area contributed by atoms with Crippen LogP contribution in [0.5, 0.6) is 11.5 Å². The average Bonchev–Trinajstić information content (AvgIpc) is 2.92. The number of thiazole rings is 1. The Balaban J connectivity index is 2.16. The first-order valence-electron chi connectivity index (χ1n) is 7.11.